The fourth-order valence-corrected chi connectivity index (χ4v) is 1.60. The minimum Gasteiger partial charge on any atom is -0.475 e. The highest BCUT2D eigenvalue weighted by molar-refractivity contribution is 6.40. The summed E-state index contributed by atoms with van der Waals surface area (Å²) in [5.41, 5.74) is 1.28. The minimum atomic E-state index is -1.44. The minimum absolute atomic E-state index is 0.110. The number of ketones is 1. The molecule has 0 saturated carbocycles. The van der Waals surface area contributed by atoms with E-state index in [1.165, 1.54) is 0 Å². The molecule has 5 nitrogen and oxygen atoms in total. The molecule has 0 unspecified atom stereocenters. The second-order valence-electron chi connectivity index (χ2n) is 3.72. The highest BCUT2D eigenvalue weighted by atomic mass is 16.4. The first-order chi connectivity index (χ1) is 6.86. The van der Waals surface area contributed by atoms with Gasteiger partial charge in [-0.05, 0) is 27.7 Å². The molecule has 1 heterocycles. The van der Waals surface area contributed by atoms with Crippen LogP contribution in [0, 0.1) is 13.8 Å². The summed E-state index contributed by atoms with van der Waals surface area (Å²) in [7, 11) is 0. The zero-order chi connectivity index (χ0) is 11.7. The third kappa shape index (κ3) is 1.91. The number of carbonyl (C=O) groups excluding carboxylic acids is 1. The molecule has 82 valence electrons. The lowest BCUT2D eigenvalue weighted by Crippen LogP contribution is -2.15. The number of Topliss-reactive ketones (excluding diaryl/α,β-unsaturated/α-hetero) is 1. The highest BCUT2D eigenvalue weighted by Crippen LogP contribution is 2.17. The first-order valence-electron chi connectivity index (χ1n) is 4.69. The van der Waals surface area contributed by atoms with E-state index < -0.39 is 11.8 Å². The molecule has 1 N–H and O–H groups in total. The fraction of sp³-hybridized carbons (Fsp3) is 0.500. The molecule has 1 aromatic rings. The first kappa shape index (κ1) is 11.4. The van der Waals surface area contributed by atoms with E-state index in [1.54, 1.807) is 18.5 Å². The predicted molar refractivity (Wildman–Crippen MR) is 54.1 cm³/mol. The number of hydrogen-bond donors (Lipinski definition) is 1. The summed E-state index contributed by atoms with van der Waals surface area (Å²) in [5, 5.41) is 12.8. The van der Waals surface area contributed by atoms with Crippen LogP contribution in [0.25, 0.3) is 0 Å². The van der Waals surface area contributed by atoms with E-state index >= 15 is 0 Å². The Labute approximate surface area is 87.7 Å². The van der Waals surface area contributed by atoms with E-state index in [-0.39, 0.29) is 11.6 Å². The van der Waals surface area contributed by atoms with Crippen LogP contribution in [-0.2, 0) is 4.79 Å². The molecule has 0 aliphatic heterocycles. The van der Waals surface area contributed by atoms with Gasteiger partial charge in [0.2, 0.25) is 0 Å². The molecule has 0 spiro atoms. The molecule has 0 atom stereocenters. The van der Waals surface area contributed by atoms with Gasteiger partial charge in [0.15, 0.2) is 0 Å². The molecule has 0 aromatic carbocycles. The van der Waals surface area contributed by atoms with Gasteiger partial charge in [-0.2, -0.15) is 5.10 Å². The van der Waals surface area contributed by atoms with Crippen molar-refractivity contribution in [2.75, 3.05) is 0 Å². The van der Waals surface area contributed by atoms with Gasteiger partial charge in [-0.1, -0.05) is 0 Å². The Bertz CT molecular complexity index is 419. The van der Waals surface area contributed by atoms with Gasteiger partial charge in [-0.25, -0.2) is 4.79 Å². The van der Waals surface area contributed by atoms with Crippen LogP contribution in [0.5, 0.6) is 0 Å². The van der Waals surface area contributed by atoms with Crippen LogP contribution in [0.4, 0.5) is 0 Å². The van der Waals surface area contributed by atoms with Crippen molar-refractivity contribution in [3.05, 3.63) is 17.0 Å². The van der Waals surface area contributed by atoms with Crippen LogP contribution in [0.1, 0.15) is 41.6 Å². The van der Waals surface area contributed by atoms with E-state index in [4.69, 9.17) is 5.11 Å². The Balaban J connectivity index is 3.31. The number of nitrogens with zero attached hydrogens (tertiary/aromatic N) is 2. The van der Waals surface area contributed by atoms with Crippen molar-refractivity contribution >= 4 is 11.8 Å². The Hall–Kier alpha value is -1.65. The van der Waals surface area contributed by atoms with Crippen LogP contribution in [-0.4, -0.2) is 26.6 Å². The second-order valence-corrected chi connectivity index (χ2v) is 3.72. The van der Waals surface area contributed by atoms with Gasteiger partial charge in [-0.3, -0.25) is 9.48 Å². The van der Waals surface area contributed by atoms with Crippen LogP contribution in [0.2, 0.25) is 0 Å². The third-order valence-electron chi connectivity index (χ3n) is 2.24. The largest absolute Gasteiger partial charge is 0.475 e. The van der Waals surface area contributed by atoms with Gasteiger partial charge in [0.1, 0.15) is 0 Å². The van der Waals surface area contributed by atoms with Crippen molar-refractivity contribution < 1.29 is 14.7 Å². The quantitative estimate of drug-likeness (QED) is 0.603. The first-order valence-corrected chi connectivity index (χ1v) is 4.69. The Kier molecular flexibility index (Phi) is 2.93. The zero-order valence-electron chi connectivity index (χ0n) is 9.24. The average molecular weight is 210 g/mol. The number of rotatable bonds is 3. The normalized spacial score (nSPS) is 10.7. The molecule has 5 heteroatoms. The van der Waals surface area contributed by atoms with E-state index in [9.17, 15) is 9.59 Å². The molecule has 0 aliphatic carbocycles. The maximum atomic E-state index is 11.4. The number of hydrogen-bond acceptors (Lipinski definition) is 3. The number of aromatic nitrogens is 2. The number of aryl methyl sites for hydroxylation is 1. The molecule has 1 rings (SSSR count). The molecule has 0 amide bonds. The van der Waals surface area contributed by atoms with Gasteiger partial charge >= 0.3 is 5.97 Å². The summed E-state index contributed by atoms with van der Waals surface area (Å²) in [4.78, 5) is 22.0. The van der Waals surface area contributed by atoms with Crippen LogP contribution < -0.4 is 0 Å². The summed E-state index contributed by atoms with van der Waals surface area (Å²) < 4.78 is 1.66. The Morgan fingerprint density at radius 3 is 2.20 bits per heavy atom. The second kappa shape index (κ2) is 3.84. The van der Waals surface area contributed by atoms with E-state index in [0.717, 1.165) is 0 Å². The molecule has 0 aliphatic rings. The van der Waals surface area contributed by atoms with Gasteiger partial charge in [-0.15, -0.1) is 0 Å². The molecule has 15 heavy (non-hydrogen) atoms. The number of aliphatic carboxylic acids is 1. The number of carboxylic acid groups (broad SMARTS) is 1. The summed E-state index contributed by atoms with van der Waals surface area (Å²) in [6.07, 6.45) is 0. The molecule has 0 fully saturated rings. The van der Waals surface area contributed by atoms with Gasteiger partial charge < -0.3 is 5.11 Å². The topological polar surface area (TPSA) is 72.2 Å². The van der Waals surface area contributed by atoms with Crippen molar-refractivity contribution in [3.8, 4) is 0 Å². The maximum absolute atomic E-state index is 11.4. The predicted octanol–water partition coefficient (Wildman–Crippen LogP) is 1.35. The van der Waals surface area contributed by atoms with Crippen LogP contribution in [0.15, 0.2) is 0 Å². The standard InChI is InChI=1S/C10H14N2O3/c1-5(2)12-7(4)8(6(3)11-12)9(13)10(14)15/h5H,1-4H3,(H,14,15). The molecule has 1 aromatic heterocycles. The van der Waals surface area contributed by atoms with Crippen LogP contribution >= 0.6 is 0 Å². The molecular formula is C10H14N2O3. The van der Waals surface area contributed by atoms with Crippen molar-refractivity contribution in [2.24, 2.45) is 0 Å². The lowest BCUT2D eigenvalue weighted by atomic mass is 10.1. The van der Waals surface area contributed by atoms with E-state index in [0.29, 0.717) is 11.4 Å². The van der Waals surface area contributed by atoms with Crippen LogP contribution in [0.3, 0.4) is 0 Å². The van der Waals surface area contributed by atoms with Crippen molar-refractivity contribution in [1.29, 1.82) is 0 Å². The molecule has 0 saturated heterocycles. The van der Waals surface area contributed by atoms with Crippen molar-refractivity contribution in [3.63, 3.8) is 0 Å². The summed E-state index contributed by atoms with van der Waals surface area (Å²) in [6.45, 7) is 7.20. The summed E-state index contributed by atoms with van der Waals surface area (Å²) in [5.74, 6) is -2.33. The monoisotopic (exact) mass is 210 g/mol. The lowest BCUT2D eigenvalue weighted by molar-refractivity contribution is -0.131. The highest BCUT2D eigenvalue weighted by Gasteiger charge is 2.24. The zero-order valence-corrected chi connectivity index (χ0v) is 9.24. The average Bonchev–Trinajstić information content (AvgIpc) is 2.41. The maximum Gasteiger partial charge on any atom is 0.377 e. The Morgan fingerprint density at radius 2 is 1.87 bits per heavy atom. The molecule has 0 radical (unpaired) electrons. The lowest BCUT2D eigenvalue weighted by Gasteiger charge is -2.07. The van der Waals surface area contributed by atoms with E-state index in [2.05, 4.69) is 5.10 Å². The van der Waals surface area contributed by atoms with Crippen molar-refractivity contribution in [1.82, 2.24) is 9.78 Å². The van der Waals surface area contributed by atoms with E-state index in [1.807, 2.05) is 13.8 Å². The molecule has 0 bridgehead atoms. The van der Waals surface area contributed by atoms with Gasteiger partial charge in [0.05, 0.1) is 11.3 Å². The SMILES string of the molecule is Cc1nn(C(C)C)c(C)c1C(=O)C(=O)O. The van der Waals surface area contributed by atoms with Crippen molar-refractivity contribution in [2.45, 2.75) is 33.7 Å². The summed E-state index contributed by atoms with van der Waals surface area (Å²) >= 11 is 0. The number of carbonyl (C=O) groups is 2. The van der Waals surface area contributed by atoms with Gasteiger partial charge in [0.25, 0.3) is 5.78 Å². The fourth-order valence-electron chi connectivity index (χ4n) is 1.60. The molecular weight excluding hydrogens is 196 g/mol. The van der Waals surface area contributed by atoms with Gasteiger partial charge in [0, 0.05) is 11.7 Å². The summed E-state index contributed by atoms with van der Waals surface area (Å²) in [6, 6.07) is 0.110. The smallest absolute Gasteiger partial charge is 0.377 e. The number of carboxylic acids is 1. The Morgan fingerprint density at radius 1 is 1.33 bits per heavy atom. The third-order valence-corrected chi connectivity index (χ3v) is 2.24.